The fourth-order valence-electron chi connectivity index (χ4n) is 4.07. The number of quaternary nitrogens is 1. The number of hydrogen-bond acceptors (Lipinski definition) is 4. The molecule has 3 heterocycles. The van der Waals surface area contributed by atoms with Crippen LogP contribution in [0.15, 0.2) is 11.5 Å². The number of H-pyrrole nitrogens is 1. The Kier molecular flexibility index (Phi) is 2.99. The molecule has 0 aliphatic carbocycles. The van der Waals surface area contributed by atoms with Crippen LogP contribution < -0.4 is 15.4 Å². The Bertz CT molecular complexity index is 656. The number of hydrogen-bond donors (Lipinski definition) is 3. The number of nitriles is 1. The lowest BCUT2D eigenvalue weighted by Crippen LogP contribution is -3.15. The average Bonchev–Trinajstić information content (AvgIpc) is 2.78. The van der Waals surface area contributed by atoms with Gasteiger partial charge in [-0.1, -0.05) is 6.92 Å². The van der Waals surface area contributed by atoms with Crippen LogP contribution >= 0.6 is 0 Å². The van der Waals surface area contributed by atoms with E-state index in [1.54, 1.807) is 0 Å². The van der Waals surface area contributed by atoms with Crippen molar-refractivity contribution in [3.63, 3.8) is 0 Å². The lowest BCUT2D eigenvalue weighted by atomic mass is 9.60. The Morgan fingerprint density at radius 1 is 1.52 bits per heavy atom. The number of rotatable bonds is 0. The standard InChI is InChI=1S/C15H21N5O/c1-8-7-20(4)9(2)5-15(8)11(6-16)13(17)21-14-12(15)10(3)18-19-14/h8-9H,5,7,17H2,1-4H3,(H,18,19)/p+1/t8-,9-,15+/m0/s1. The average molecular weight is 288 g/mol. The largest absolute Gasteiger partial charge is 0.420 e. The third-order valence-corrected chi connectivity index (χ3v) is 5.31. The first-order chi connectivity index (χ1) is 9.91. The van der Waals surface area contributed by atoms with E-state index in [0.717, 1.165) is 24.2 Å². The van der Waals surface area contributed by atoms with Crippen LogP contribution in [0.5, 0.6) is 5.88 Å². The fraction of sp³-hybridized carbons (Fsp3) is 0.600. The Balaban J connectivity index is 2.26. The van der Waals surface area contributed by atoms with Crippen LogP contribution in [-0.2, 0) is 5.41 Å². The molecular formula is C15H22N5O+. The highest BCUT2D eigenvalue weighted by Gasteiger charge is 2.55. The molecule has 2 aliphatic heterocycles. The Hall–Kier alpha value is -2.00. The minimum absolute atomic E-state index is 0.204. The maximum atomic E-state index is 9.70. The second-order valence-electron chi connectivity index (χ2n) is 6.51. The van der Waals surface area contributed by atoms with Crippen molar-refractivity contribution in [3.8, 4) is 11.9 Å². The fourth-order valence-corrected chi connectivity index (χ4v) is 4.07. The first-order valence-electron chi connectivity index (χ1n) is 7.37. The van der Waals surface area contributed by atoms with Gasteiger partial charge in [-0.25, -0.2) is 0 Å². The third kappa shape index (κ3) is 1.70. The maximum absolute atomic E-state index is 9.70. The Labute approximate surface area is 124 Å². The van der Waals surface area contributed by atoms with Gasteiger partial charge in [0.2, 0.25) is 11.8 Å². The zero-order valence-corrected chi connectivity index (χ0v) is 12.9. The Morgan fingerprint density at radius 2 is 2.24 bits per heavy atom. The number of allylic oxidation sites excluding steroid dienone is 1. The van der Waals surface area contributed by atoms with Gasteiger partial charge in [-0.3, -0.25) is 5.10 Å². The van der Waals surface area contributed by atoms with E-state index in [4.69, 9.17) is 10.5 Å². The highest BCUT2D eigenvalue weighted by molar-refractivity contribution is 5.54. The summed E-state index contributed by atoms with van der Waals surface area (Å²) in [6.07, 6.45) is 0.875. The van der Waals surface area contributed by atoms with E-state index in [0.29, 0.717) is 23.4 Å². The van der Waals surface area contributed by atoms with Gasteiger partial charge < -0.3 is 15.4 Å². The number of aromatic nitrogens is 2. The molecule has 0 aromatic carbocycles. The van der Waals surface area contributed by atoms with Gasteiger partial charge in [0, 0.05) is 23.6 Å². The monoisotopic (exact) mass is 288 g/mol. The summed E-state index contributed by atoms with van der Waals surface area (Å²) >= 11 is 0. The minimum Gasteiger partial charge on any atom is -0.420 e. The molecule has 1 spiro atoms. The third-order valence-electron chi connectivity index (χ3n) is 5.31. The van der Waals surface area contributed by atoms with E-state index < -0.39 is 0 Å². The van der Waals surface area contributed by atoms with Crippen LogP contribution in [-0.4, -0.2) is 29.8 Å². The minimum atomic E-state index is -0.386. The highest BCUT2D eigenvalue weighted by atomic mass is 16.5. The molecule has 1 fully saturated rings. The first-order valence-corrected chi connectivity index (χ1v) is 7.37. The van der Waals surface area contributed by atoms with Crippen LogP contribution in [0.25, 0.3) is 0 Å². The van der Waals surface area contributed by atoms with Gasteiger partial charge >= 0.3 is 0 Å². The molecule has 2 aliphatic rings. The summed E-state index contributed by atoms with van der Waals surface area (Å²) in [4.78, 5) is 1.48. The van der Waals surface area contributed by atoms with Gasteiger partial charge in [0.1, 0.15) is 11.6 Å². The van der Waals surface area contributed by atoms with Gasteiger partial charge in [-0.15, -0.1) is 5.10 Å². The SMILES string of the molecule is Cc1[nH]nc2c1[C@@]1(C[C@H](C)[NH+](C)C[C@@H]1C)C(C#N)=C(N)O2. The summed E-state index contributed by atoms with van der Waals surface area (Å²) in [6.45, 7) is 7.39. The zero-order chi connectivity index (χ0) is 15.4. The molecule has 0 radical (unpaired) electrons. The van der Waals surface area contributed by atoms with Crippen molar-refractivity contribution in [2.24, 2.45) is 11.7 Å². The van der Waals surface area contributed by atoms with E-state index in [-0.39, 0.29) is 11.3 Å². The van der Waals surface area contributed by atoms with Crippen LogP contribution in [0.3, 0.4) is 0 Å². The number of likely N-dealkylation sites (tertiary alicyclic amines) is 1. The van der Waals surface area contributed by atoms with Gasteiger partial charge in [0.25, 0.3) is 0 Å². The highest BCUT2D eigenvalue weighted by Crippen LogP contribution is 2.51. The molecule has 4 atom stereocenters. The molecular weight excluding hydrogens is 266 g/mol. The predicted octanol–water partition coefficient (Wildman–Crippen LogP) is -0.0148. The molecule has 6 heteroatoms. The first kappa shape index (κ1) is 14.0. The normalized spacial score (nSPS) is 35.3. The van der Waals surface area contributed by atoms with Crippen LogP contribution in [0.1, 0.15) is 31.5 Å². The maximum Gasteiger partial charge on any atom is 0.244 e. The van der Waals surface area contributed by atoms with Crippen molar-refractivity contribution in [1.82, 2.24) is 10.2 Å². The smallest absolute Gasteiger partial charge is 0.244 e. The van der Waals surface area contributed by atoms with Crippen molar-refractivity contribution >= 4 is 0 Å². The molecule has 1 saturated heterocycles. The number of nitrogens with two attached hydrogens (primary N) is 1. The molecule has 4 N–H and O–H groups in total. The predicted molar refractivity (Wildman–Crippen MR) is 77.5 cm³/mol. The topological polar surface area (TPSA) is 92.2 Å². The molecule has 0 bridgehead atoms. The summed E-state index contributed by atoms with van der Waals surface area (Å²) in [5, 5.41) is 16.9. The number of nitrogens with zero attached hydrogens (tertiary/aromatic N) is 2. The number of piperidine rings is 1. The van der Waals surface area contributed by atoms with Crippen molar-refractivity contribution in [3.05, 3.63) is 22.7 Å². The summed E-state index contributed by atoms with van der Waals surface area (Å²) in [6, 6.07) is 2.76. The molecule has 6 nitrogen and oxygen atoms in total. The quantitative estimate of drug-likeness (QED) is 0.626. The molecule has 112 valence electrons. The Morgan fingerprint density at radius 3 is 2.90 bits per heavy atom. The van der Waals surface area contributed by atoms with Crippen LogP contribution in [0.4, 0.5) is 0 Å². The summed E-state index contributed by atoms with van der Waals surface area (Å²) in [7, 11) is 2.20. The van der Waals surface area contributed by atoms with Crippen molar-refractivity contribution in [1.29, 1.82) is 5.26 Å². The van der Waals surface area contributed by atoms with Crippen LogP contribution in [0, 0.1) is 24.2 Å². The second-order valence-corrected chi connectivity index (χ2v) is 6.51. The number of aryl methyl sites for hydroxylation is 1. The molecule has 1 unspecified atom stereocenters. The van der Waals surface area contributed by atoms with E-state index in [9.17, 15) is 5.26 Å². The number of fused-ring (bicyclic) bond motifs is 2. The number of ether oxygens (including phenoxy) is 1. The molecule has 0 amide bonds. The zero-order valence-electron chi connectivity index (χ0n) is 12.9. The van der Waals surface area contributed by atoms with E-state index in [2.05, 4.69) is 37.2 Å². The van der Waals surface area contributed by atoms with E-state index >= 15 is 0 Å². The molecule has 1 aromatic heterocycles. The van der Waals surface area contributed by atoms with Crippen molar-refractivity contribution < 1.29 is 9.64 Å². The molecule has 1 aromatic rings. The second kappa shape index (κ2) is 4.50. The molecule has 3 rings (SSSR count). The van der Waals surface area contributed by atoms with E-state index in [1.807, 2.05) is 6.92 Å². The van der Waals surface area contributed by atoms with Crippen LogP contribution in [0.2, 0.25) is 0 Å². The van der Waals surface area contributed by atoms with Gasteiger partial charge in [0.15, 0.2) is 0 Å². The summed E-state index contributed by atoms with van der Waals surface area (Å²) in [5.41, 5.74) is 8.19. The van der Waals surface area contributed by atoms with Crippen molar-refractivity contribution in [2.75, 3.05) is 13.6 Å². The van der Waals surface area contributed by atoms with Gasteiger partial charge in [-0.2, -0.15) is 5.26 Å². The lowest BCUT2D eigenvalue weighted by molar-refractivity contribution is -0.914. The lowest BCUT2D eigenvalue weighted by Gasteiger charge is -2.47. The number of nitrogens with one attached hydrogen (secondary N) is 2. The summed E-state index contributed by atoms with van der Waals surface area (Å²) < 4.78 is 5.58. The van der Waals surface area contributed by atoms with Gasteiger partial charge in [0.05, 0.1) is 25.0 Å². The van der Waals surface area contributed by atoms with E-state index in [1.165, 1.54) is 4.90 Å². The molecule has 21 heavy (non-hydrogen) atoms. The van der Waals surface area contributed by atoms with Gasteiger partial charge in [-0.05, 0) is 13.8 Å². The molecule has 0 saturated carbocycles. The van der Waals surface area contributed by atoms with Crippen molar-refractivity contribution in [2.45, 2.75) is 38.6 Å². The number of aromatic amines is 1. The summed E-state index contributed by atoms with van der Waals surface area (Å²) in [5.74, 6) is 1.03.